The van der Waals surface area contributed by atoms with Crippen LogP contribution in [0.4, 0.5) is 0 Å². The molecule has 0 saturated carbocycles. The Hall–Kier alpha value is -0.990. The Morgan fingerprint density at radius 2 is 1.73 bits per heavy atom. The highest BCUT2D eigenvalue weighted by atomic mass is 16.1. The first-order valence-electron chi connectivity index (χ1n) is 5.46. The third-order valence-corrected chi connectivity index (χ3v) is 2.45. The highest BCUT2D eigenvalue weighted by molar-refractivity contribution is 5.63. The second kappa shape index (κ2) is 9.56. The average Bonchev–Trinajstić information content (AvgIpc) is 2.28. The van der Waals surface area contributed by atoms with Crippen LogP contribution in [0.25, 0.3) is 0 Å². The van der Waals surface area contributed by atoms with Crippen molar-refractivity contribution in [2.45, 2.75) is 39.0 Å². The van der Waals surface area contributed by atoms with E-state index < -0.39 is 0 Å². The van der Waals surface area contributed by atoms with Crippen molar-refractivity contribution in [2.24, 2.45) is 11.8 Å². The van der Waals surface area contributed by atoms with Crippen molar-refractivity contribution < 1.29 is 14.4 Å². The van der Waals surface area contributed by atoms with Crippen molar-refractivity contribution in [1.82, 2.24) is 0 Å². The average molecular weight is 211 g/mol. The topological polar surface area (TPSA) is 51.2 Å². The molecular formula is C12H19O3. The van der Waals surface area contributed by atoms with Gasteiger partial charge in [-0.05, 0) is 19.3 Å². The van der Waals surface area contributed by atoms with Gasteiger partial charge in [-0.25, -0.2) is 0 Å². The Bertz CT molecular complexity index is 189. The molecule has 85 valence electrons. The number of carbonyl (C=O) groups is 3. The highest BCUT2D eigenvalue weighted by Crippen LogP contribution is 2.18. The van der Waals surface area contributed by atoms with Crippen LogP contribution in [0.5, 0.6) is 0 Å². The van der Waals surface area contributed by atoms with Gasteiger partial charge in [-0.15, -0.1) is 0 Å². The Labute approximate surface area is 91.2 Å². The van der Waals surface area contributed by atoms with E-state index in [9.17, 15) is 14.4 Å². The van der Waals surface area contributed by atoms with Crippen LogP contribution in [0.3, 0.4) is 0 Å². The minimum Gasteiger partial charge on any atom is -0.303 e. The second-order valence-electron chi connectivity index (χ2n) is 3.78. The van der Waals surface area contributed by atoms with E-state index >= 15 is 0 Å². The van der Waals surface area contributed by atoms with Gasteiger partial charge < -0.3 is 14.4 Å². The highest BCUT2D eigenvalue weighted by Gasteiger charge is 2.14. The van der Waals surface area contributed by atoms with E-state index in [4.69, 9.17) is 0 Å². The molecule has 0 amide bonds. The van der Waals surface area contributed by atoms with Gasteiger partial charge in [-0.3, -0.25) is 0 Å². The van der Waals surface area contributed by atoms with Gasteiger partial charge in [0.1, 0.15) is 18.9 Å². The SMILES string of the molecule is CCCCC(C=O)CC(C=O)C[CH]C=O. The maximum absolute atomic E-state index is 10.7. The zero-order valence-corrected chi connectivity index (χ0v) is 9.22. The molecule has 3 nitrogen and oxygen atoms in total. The Morgan fingerprint density at radius 1 is 1.07 bits per heavy atom. The Balaban J connectivity index is 3.93. The lowest BCUT2D eigenvalue weighted by molar-refractivity contribution is -0.114. The molecule has 0 N–H and O–H groups in total. The number of carbonyl (C=O) groups excluding carboxylic acids is 3. The van der Waals surface area contributed by atoms with Crippen LogP contribution in [0.2, 0.25) is 0 Å². The number of aldehydes is 3. The molecule has 0 aromatic carbocycles. The summed E-state index contributed by atoms with van der Waals surface area (Å²) in [6, 6.07) is 0. The first kappa shape index (κ1) is 14.0. The molecule has 0 aliphatic carbocycles. The molecule has 0 aliphatic heterocycles. The smallest absolute Gasteiger partial charge is 0.123 e. The van der Waals surface area contributed by atoms with Crippen LogP contribution in [0, 0.1) is 18.3 Å². The third-order valence-electron chi connectivity index (χ3n) is 2.45. The summed E-state index contributed by atoms with van der Waals surface area (Å²) in [6.07, 6.45) is 7.80. The van der Waals surface area contributed by atoms with Crippen molar-refractivity contribution in [3.8, 4) is 0 Å². The van der Waals surface area contributed by atoms with E-state index in [2.05, 4.69) is 6.92 Å². The predicted molar refractivity (Wildman–Crippen MR) is 58.2 cm³/mol. The molecular weight excluding hydrogens is 192 g/mol. The molecule has 2 unspecified atom stereocenters. The monoisotopic (exact) mass is 211 g/mol. The van der Waals surface area contributed by atoms with E-state index in [1.54, 1.807) is 0 Å². The van der Waals surface area contributed by atoms with E-state index in [-0.39, 0.29) is 11.8 Å². The zero-order valence-electron chi connectivity index (χ0n) is 9.22. The van der Waals surface area contributed by atoms with Gasteiger partial charge >= 0.3 is 0 Å². The molecule has 1 radical (unpaired) electrons. The largest absolute Gasteiger partial charge is 0.303 e. The van der Waals surface area contributed by atoms with Crippen molar-refractivity contribution in [3.05, 3.63) is 6.42 Å². The van der Waals surface area contributed by atoms with E-state index in [0.29, 0.717) is 19.1 Å². The van der Waals surface area contributed by atoms with Crippen LogP contribution in [0.15, 0.2) is 0 Å². The van der Waals surface area contributed by atoms with Crippen LogP contribution in [-0.4, -0.2) is 18.9 Å². The lowest BCUT2D eigenvalue weighted by Gasteiger charge is -2.13. The molecule has 0 fully saturated rings. The van der Waals surface area contributed by atoms with Gasteiger partial charge in [0.25, 0.3) is 0 Å². The van der Waals surface area contributed by atoms with Crippen molar-refractivity contribution in [3.63, 3.8) is 0 Å². The van der Waals surface area contributed by atoms with Gasteiger partial charge in [0, 0.05) is 18.3 Å². The van der Waals surface area contributed by atoms with Crippen LogP contribution >= 0.6 is 0 Å². The van der Waals surface area contributed by atoms with Gasteiger partial charge in [0.15, 0.2) is 0 Å². The lowest BCUT2D eigenvalue weighted by atomic mass is 9.90. The molecule has 0 saturated heterocycles. The number of unbranched alkanes of at least 4 members (excludes halogenated alkanes) is 1. The summed E-state index contributed by atoms with van der Waals surface area (Å²) in [5, 5.41) is 0. The van der Waals surface area contributed by atoms with E-state index in [1.807, 2.05) is 0 Å². The summed E-state index contributed by atoms with van der Waals surface area (Å²) in [5.74, 6) is -0.234. The Kier molecular flexibility index (Phi) is 8.93. The summed E-state index contributed by atoms with van der Waals surface area (Å²) in [4.78, 5) is 31.5. The standard InChI is InChI=1S/C12H19O3/c1-2-3-5-11(9-14)8-12(10-15)6-4-7-13/h4,7,9-12H,2-3,5-6,8H2,1H3. The number of hydrogen-bond acceptors (Lipinski definition) is 3. The molecule has 0 rings (SSSR count). The number of rotatable bonds is 10. The van der Waals surface area contributed by atoms with Crippen LogP contribution in [-0.2, 0) is 14.4 Å². The zero-order chi connectivity index (χ0) is 11.5. The summed E-state index contributed by atoms with van der Waals surface area (Å²) in [5.41, 5.74) is 0. The summed E-state index contributed by atoms with van der Waals surface area (Å²) in [6.45, 7) is 2.07. The maximum atomic E-state index is 10.7. The minimum atomic E-state index is -0.192. The molecule has 3 heteroatoms. The van der Waals surface area contributed by atoms with Gasteiger partial charge in [0.2, 0.25) is 0 Å². The van der Waals surface area contributed by atoms with E-state index in [0.717, 1.165) is 31.8 Å². The lowest BCUT2D eigenvalue weighted by Crippen LogP contribution is -2.12. The third kappa shape index (κ3) is 7.00. The normalized spacial score (nSPS) is 14.2. The summed E-state index contributed by atoms with van der Waals surface area (Å²) in [7, 11) is 0. The fourth-order valence-corrected chi connectivity index (χ4v) is 1.53. The first-order valence-corrected chi connectivity index (χ1v) is 5.46. The summed E-state index contributed by atoms with van der Waals surface area (Å²) < 4.78 is 0. The fraction of sp³-hybridized carbons (Fsp3) is 0.667. The molecule has 0 spiro atoms. The Morgan fingerprint density at radius 3 is 2.20 bits per heavy atom. The fourth-order valence-electron chi connectivity index (χ4n) is 1.53. The van der Waals surface area contributed by atoms with Gasteiger partial charge in [0.05, 0.1) is 0 Å². The molecule has 0 bridgehead atoms. The second-order valence-corrected chi connectivity index (χ2v) is 3.78. The van der Waals surface area contributed by atoms with E-state index in [1.165, 1.54) is 6.42 Å². The summed E-state index contributed by atoms with van der Waals surface area (Å²) >= 11 is 0. The molecule has 2 atom stereocenters. The van der Waals surface area contributed by atoms with Crippen molar-refractivity contribution in [1.29, 1.82) is 0 Å². The molecule has 15 heavy (non-hydrogen) atoms. The van der Waals surface area contributed by atoms with Crippen molar-refractivity contribution in [2.75, 3.05) is 0 Å². The molecule has 0 aromatic rings. The molecule has 0 aliphatic rings. The number of hydrogen-bond donors (Lipinski definition) is 0. The first-order chi connectivity index (χ1) is 7.28. The van der Waals surface area contributed by atoms with Gasteiger partial charge in [-0.2, -0.15) is 0 Å². The maximum Gasteiger partial charge on any atom is 0.123 e. The van der Waals surface area contributed by atoms with Gasteiger partial charge in [-0.1, -0.05) is 19.8 Å². The molecule has 0 aromatic heterocycles. The predicted octanol–water partition coefficient (Wildman–Crippen LogP) is 1.99. The van der Waals surface area contributed by atoms with Crippen LogP contribution < -0.4 is 0 Å². The minimum absolute atomic E-state index is 0.0415. The quantitative estimate of drug-likeness (QED) is 0.519. The van der Waals surface area contributed by atoms with Crippen LogP contribution in [0.1, 0.15) is 39.0 Å². The molecule has 0 heterocycles. The van der Waals surface area contributed by atoms with Crippen molar-refractivity contribution >= 4 is 18.9 Å².